The fourth-order valence-corrected chi connectivity index (χ4v) is 2.00. The second-order valence-corrected chi connectivity index (χ2v) is 5.09. The van der Waals surface area contributed by atoms with Gasteiger partial charge in [0.2, 0.25) is 5.91 Å². The van der Waals surface area contributed by atoms with Gasteiger partial charge < -0.3 is 20.1 Å². The highest BCUT2D eigenvalue weighted by Gasteiger charge is 2.28. The smallest absolute Gasteiger partial charge is 0.343 e. The Labute approximate surface area is 123 Å². The number of esters is 1. The summed E-state index contributed by atoms with van der Waals surface area (Å²) in [5.74, 6) is 0.410. The highest BCUT2D eigenvalue weighted by atomic mass is 16.6. The molecule has 1 saturated heterocycles. The van der Waals surface area contributed by atoms with Crippen molar-refractivity contribution in [3.05, 3.63) is 24.3 Å². The monoisotopic (exact) mass is 292 g/mol. The Kier molecular flexibility index (Phi) is 5.16. The molecule has 1 aliphatic heterocycles. The Morgan fingerprint density at radius 1 is 1.43 bits per heavy atom. The summed E-state index contributed by atoms with van der Waals surface area (Å²) in [4.78, 5) is 23.1. The third kappa shape index (κ3) is 4.19. The normalized spacial score (nSPS) is 15.7. The van der Waals surface area contributed by atoms with Gasteiger partial charge in [0.1, 0.15) is 5.75 Å². The summed E-state index contributed by atoms with van der Waals surface area (Å²) in [6, 6.07) is 6.96. The van der Waals surface area contributed by atoms with Crippen molar-refractivity contribution in [1.82, 2.24) is 5.32 Å². The summed E-state index contributed by atoms with van der Waals surface area (Å²) in [6.45, 7) is 3.55. The van der Waals surface area contributed by atoms with Crippen molar-refractivity contribution in [2.45, 2.75) is 6.92 Å². The SMILES string of the molecule is COC(=O)COc1cccc(NC(=O)C(C)C2CNC2)c1. The van der Waals surface area contributed by atoms with Gasteiger partial charge >= 0.3 is 5.97 Å². The molecule has 6 heteroatoms. The number of methoxy groups -OCH3 is 1. The quantitative estimate of drug-likeness (QED) is 0.766. The first-order valence-electron chi connectivity index (χ1n) is 6.91. The molecular formula is C15H20N2O4. The van der Waals surface area contributed by atoms with Crippen LogP contribution in [0.1, 0.15) is 6.92 Å². The zero-order valence-corrected chi connectivity index (χ0v) is 12.2. The number of ether oxygens (including phenoxy) is 2. The van der Waals surface area contributed by atoms with Crippen LogP contribution < -0.4 is 15.4 Å². The van der Waals surface area contributed by atoms with E-state index in [4.69, 9.17) is 4.74 Å². The van der Waals surface area contributed by atoms with Crippen molar-refractivity contribution < 1.29 is 19.1 Å². The van der Waals surface area contributed by atoms with Gasteiger partial charge in [0.05, 0.1) is 7.11 Å². The summed E-state index contributed by atoms with van der Waals surface area (Å²) in [6.07, 6.45) is 0. The maximum absolute atomic E-state index is 12.1. The van der Waals surface area contributed by atoms with Crippen LogP contribution >= 0.6 is 0 Å². The number of nitrogens with one attached hydrogen (secondary N) is 2. The number of hydrogen-bond donors (Lipinski definition) is 2. The minimum Gasteiger partial charge on any atom is -0.482 e. The maximum Gasteiger partial charge on any atom is 0.343 e. The summed E-state index contributed by atoms with van der Waals surface area (Å²) in [5.41, 5.74) is 0.654. The topological polar surface area (TPSA) is 76.7 Å². The van der Waals surface area contributed by atoms with Gasteiger partial charge in [-0.3, -0.25) is 4.79 Å². The third-order valence-electron chi connectivity index (χ3n) is 3.62. The van der Waals surface area contributed by atoms with Crippen LogP contribution in [0.4, 0.5) is 5.69 Å². The van der Waals surface area contributed by atoms with E-state index in [0.717, 1.165) is 13.1 Å². The summed E-state index contributed by atoms with van der Waals surface area (Å²) in [5, 5.41) is 6.03. The average Bonchev–Trinajstić information content (AvgIpc) is 2.43. The molecule has 1 atom stereocenters. The zero-order valence-electron chi connectivity index (χ0n) is 12.2. The van der Waals surface area contributed by atoms with E-state index >= 15 is 0 Å². The lowest BCUT2D eigenvalue weighted by atomic mass is 9.88. The number of anilines is 1. The first-order valence-corrected chi connectivity index (χ1v) is 6.91. The Hall–Kier alpha value is -2.08. The zero-order chi connectivity index (χ0) is 15.2. The number of carbonyl (C=O) groups is 2. The summed E-state index contributed by atoms with van der Waals surface area (Å²) in [7, 11) is 1.30. The van der Waals surface area contributed by atoms with Crippen molar-refractivity contribution in [2.75, 3.05) is 32.1 Å². The van der Waals surface area contributed by atoms with E-state index in [2.05, 4.69) is 15.4 Å². The van der Waals surface area contributed by atoms with E-state index in [9.17, 15) is 9.59 Å². The van der Waals surface area contributed by atoms with Crippen LogP contribution in [0, 0.1) is 11.8 Å². The molecule has 0 aromatic heterocycles. The van der Waals surface area contributed by atoms with Gasteiger partial charge in [0.15, 0.2) is 6.61 Å². The van der Waals surface area contributed by atoms with Gasteiger partial charge in [-0.15, -0.1) is 0 Å². The fraction of sp³-hybridized carbons (Fsp3) is 0.467. The van der Waals surface area contributed by atoms with Crippen LogP contribution in [0.2, 0.25) is 0 Å². The van der Waals surface area contributed by atoms with E-state index in [1.807, 2.05) is 6.92 Å². The van der Waals surface area contributed by atoms with Crippen LogP contribution in [0.5, 0.6) is 5.75 Å². The van der Waals surface area contributed by atoms with Crippen molar-refractivity contribution >= 4 is 17.6 Å². The average molecular weight is 292 g/mol. The van der Waals surface area contributed by atoms with Crippen molar-refractivity contribution in [3.63, 3.8) is 0 Å². The standard InChI is InChI=1S/C15H20N2O4/c1-10(11-7-16-8-11)15(19)17-12-4-3-5-13(6-12)21-9-14(18)20-2/h3-6,10-11,16H,7-9H2,1-2H3,(H,17,19). The van der Waals surface area contributed by atoms with Crippen molar-refractivity contribution in [3.8, 4) is 5.75 Å². The third-order valence-corrected chi connectivity index (χ3v) is 3.62. The highest BCUT2D eigenvalue weighted by Crippen LogP contribution is 2.21. The molecule has 1 fully saturated rings. The molecule has 114 valence electrons. The lowest BCUT2D eigenvalue weighted by Crippen LogP contribution is -2.48. The largest absolute Gasteiger partial charge is 0.482 e. The molecule has 1 amide bonds. The van der Waals surface area contributed by atoms with Crippen molar-refractivity contribution in [2.24, 2.45) is 11.8 Å². The molecule has 0 spiro atoms. The number of hydrogen-bond acceptors (Lipinski definition) is 5. The van der Waals surface area contributed by atoms with Gasteiger partial charge in [0, 0.05) is 17.7 Å². The van der Waals surface area contributed by atoms with Gasteiger partial charge in [-0.2, -0.15) is 0 Å². The number of carbonyl (C=O) groups excluding carboxylic acids is 2. The molecule has 2 N–H and O–H groups in total. The minimum atomic E-state index is -0.449. The van der Waals surface area contributed by atoms with Gasteiger partial charge in [0.25, 0.3) is 0 Å². The Morgan fingerprint density at radius 3 is 2.81 bits per heavy atom. The van der Waals surface area contributed by atoms with Gasteiger partial charge in [-0.25, -0.2) is 4.79 Å². The molecule has 1 aromatic carbocycles. The summed E-state index contributed by atoms with van der Waals surface area (Å²) < 4.78 is 9.79. The van der Waals surface area contributed by atoms with Crippen LogP contribution in [-0.2, 0) is 14.3 Å². The lowest BCUT2D eigenvalue weighted by molar-refractivity contribution is -0.142. The van der Waals surface area contributed by atoms with Gasteiger partial charge in [-0.1, -0.05) is 13.0 Å². The fourth-order valence-electron chi connectivity index (χ4n) is 2.00. The van der Waals surface area contributed by atoms with E-state index in [1.165, 1.54) is 7.11 Å². The molecule has 1 unspecified atom stereocenters. The first kappa shape index (κ1) is 15.3. The van der Waals surface area contributed by atoms with Crippen LogP contribution in [-0.4, -0.2) is 38.7 Å². The Bertz CT molecular complexity index is 514. The van der Waals surface area contributed by atoms with Gasteiger partial charge in [-0.05, 0) is 31.1 Å². The molecule has 1 heterocycles. The molecule has 0 radical (unpaired) electrons. The van der Waals surface area contributed by atoms with Crippen molar-refractivity contribution in [1.29, 1.82) is 0 Å². The molecule has 6 nitrogen and oxygen atoms in total. The molecule has 1 aliphatic rings. The second kappa shape index (κ2) is 7.08. The number of benzene rings is 1. The van der Waals surface area contributed by atoms with E-state index in [-0.39, 0.29) is 18.4 Å². The molecular weight excluding hydrogens is 272 g/mol. The number of amides is 1. The molecule has 0 aliphatic carbocycles. The molecule has 0 bridgehead atoms. The van der Waals surface area contributed by atoms with E-state index in [1.54, 1.807) is 24.3 Å². The van der Waals surface area contributed by atoms with E-state index in [0.29, 0.717) is 17.4 Å². The lowest BCUT2D eigenvalue weighted by Gasteiger charge is -2.31. The predicted molar refractivity (Wildman–Crippen MR) is 78.1 cm³/mol. The molecule has 21 heavy (non-hydrogen) atoms. The minimum absolute atomic E-state index is 0.00776. The van der Waals surface area contributed by atoms with Crippen LogP contribution in [0.25, 0.3) is 0 Å². The predicted octanol–water partition coefficient (Wildman–Crippen LogP) is 1.03. The van der Waals surface area contributed by atoms with Crippen LogP contribution in [0.15, 0.2) is 24.3 Å². The Balaban J connectivity index is 1.90. The van der Waals surface area contributed by atoms with Crippen LogP contribution in [0.3, 0.4) is 0 Å². The Morgan fingerprint density at radius 2 is 2.19 bits per heavy atom. The second-order valence-electron chi connectivity index (χ2n) is 5.09. The van der Waals surface area contributed by atoms with E-state index < -0.39 is 5.97 Å². The highest BCUT2D eigenvalue weighted by molar-refractivity contribution is 5.92. The summed E-state index contributed by atoms with van der Waals surface area (Å²) >= 11 is 0. The number of rotatable bonds is 6. The molecule has 1 aromatic rings. The molecule has 2 rings (SSSR count). The molecule has 0 saturated carbocycles. The first-order chi connectivity index (χ1) is 10.1. The maximum atomic E-state index is 12.1.